The lowest BCUT2D eigenvalue weighted by molar-refractivity contribution is 0.0504. The molecule has 2 rings (SSSR count). The van der Waals surface area contributed by atoms with Crippen LogP contribution in [0, 0.1) is 3.57 Å². The van der Waals surface area contributed by atoms with Gasteiger partial charge in [-0.25, -0.2) is 4.79 Å². The highest BCUT2D eigenvalue weighted by atomic mass is 127. The van der Waals surface area contributed by atoms with Crippen molar-refractivity contribution >= 4 is 34.3 Å². The second kappa shape index (κ2) is 5.61. The summed E-state index contributed by atoms with van der Waals surface area (Å²) >= 11 is 2.06. The fourth-order valence-electron chi connectivity index (χ4n) is 1.80. The Balaban J connectivity index is 1.99. The Bertz CT molecular complexity index is 446. The summed E-state index contributed by atoms with van der Waals surface area (Å²) in [4.78, 5) is 16.6. The number of carbonyl (C=O) groups excluding carboxylic acids is 1. The van der Waals surface area contributed by atoms with Crippen LogP contribution in [0.1, 0.15) is 42.6 Å². The monoisotopic (exact) mass is 347 g/mol. The zero-order valence-corrected chi connectivity index (χ0v) is 11.8. The Labute approximate surface area is 113 Å². The van der Waals surface area contributed by atoms with Gasteiger partial charge in [0.2, 0.25) is 0 Å². The molecule has 1 aromatic heterocycles. The van der Waals surface area contributed by atoms with Crippen molar-refractivity contribution in [3.05, 3.63) is 15.5 Å². The molecule has 5 nitrogen and oxygen atoms in total. The minimum atomic E-state index is -0.479. The number of rotatable bonds is 2. The van der Waals surface area contributed by atoms with E-state index in [2.05, 4.69) is 32.8 Å². The Morgan fingerprint density at radius 3 is 2.76 bits per heavy atom. The number of hydrogen-bond acceptors (Lipinski definition) is 4. The third-order valence-electron chi connectivity index (χ3n) is 2.67. The molecule has 0 bridgehead atoms. The zero-order chi connectivity index (χ0) is 12.3. The van der Waals surface area contributed by atoms with Gasteiger partial charge in [-0.3, -0.25) is 4.68 Å². The van der Waals surface area contributed by atoms with E-state index in [-0.39, 0.29) is 0 Å². The van der Waals surface area contributed by atoms with Crippen molar-refractivity contribution in [1.82, 2.24) is 9.78 Å². The normalized spacial score (nSPS) is 15.8. The van der Waals surface area contributed by atoms with Crippen LogP contribution in [0.3, 0.4) is 0 Å². The van der Waals surface area contributed by atoms with Gasteiger partial charge in [-0.1, -0.05) is 11.6 Å². The first kappa shape index (κ1) is 12.5. The van der Waals surface area contributed by atoms with Gasteiger partial charge in [-0.15, -0.1) is 0 Å². The van der Waals surface area contributed by atoms with E-state index < -0.39 is 5.97 Å². The number of carbonyl (C=O) groups is 1. The maximum atomic E-state index is 11.7. The SMILES string of the molecule is Cn1cc(I)c(C(=O)ON=C2CCCCC2)n1. The molecule has 0 atom stereocenters. The van der Waals surface area contributed by atoms with E-state index in [1.807, 2.05) is 0 Å². The molecular weight excluding hydrogens is 333 g/mol. The Kier molecular flexibility index (Phi) is 4.14. The van der Waals surface area contributed by atoms with Crippen LogP contribution in [0.15, 0.2) is 11.4 Å². The van der Waals surface area contributed by atoms with E-state index in [1.165, 1.54) is 6.42 Å². The molecule has 1 aliphatic rings. The van der Waals surface area contributed by atoms with Gasteiger partial charge in [0.1, 0.15) is 0 Å². The highest BCUT2D eigenvalue weighted by Gasteiger charge is 2.17. The van der Waals surface area contributed by atoms with E-state index in [9.17, 15) is 4.79 Å². The summed E-state index contributed by atoms with van der Waals surface area (Å²) in [5.74, 6) is -0.479. The molecule has 0 unspecified atom stereocenters. The lowest BCUT2D eigenvalue weighted by atomic mass is 9.99. The molecule has 0 N–H and O–H groups in total. The van der Waals surface area contributed by atoms with Crippen LogP contribution in [-0.2, 0) is 11.9 Å². The van der Waals surface area contributed by atoms with Gasteiger partial charge in [0.05, 0.1) is 9.28 Å². The van der Waals surface area contributed by atoms with E-state index >= 15 is 0 Å². The van der Waals surface area contributed by atoms with Gasteiger partial charge in [-0.05, 0) is 48.3 Å². The van der Waals surface area contributed by atoms with Crippen molar-refractivity contribution in [2.24, 2.45) is 12.2 Å². The number of nitrogens with zero attached hydrogens (tertiary/aromatic N) is 3. The van der Waals surface area contributed by atoms with Crippen molar-refractivity contribution in [2.75, 3.05) is 0 Å². The molecular formula is C11H14IN3O2. The number of aromatic nitrogens is 2. The van der Waals surface area contributed by atoms with E-state index in [4.69, 9.17) is 4.84 Å². The molecule has 0 spiro atoms. The number of hydrogen-bond donors (Lipinski definition) is 0. The van der Waals surface area contributed by atoms with E-state index in [0.717, 1.165) is 35.0 Å². The molecule has 1 aromatic rings. The average Bonchev–Trinajstić information content (AvgIpc) is 2.67. The summed E-state index contributed by atoms with van der Waals surface area (Å²) in [6, 6.07) is 0. The maximum absolute atomic E-state index is 11.7. The largest absolute Gasteiger partial charge is 0.386 e. The van der Waals surface area contributed by atoms with Gasteiger partial charge in [0.15, 0.2) is 5.69 Å². The van der Waals surface area contributed by atoms with Crippen LogP contribution in [0.25, 0.3) is 0 Å². The first-order valence-corrected chi connectivity index (χ1v) is 6.71. The summed E-state index contributed by atoms with van der Waals surface area (Å²) in [5.41, 5.74) is 1.31. The summed E-state index contributed by atoms with van der Waals surface area (Å²) in [6.07, 6.45) is 7.16. The van der Waals surface area contributed by atoms with Gasteiger partial charge >= 0.3 is 5.97 Å². The predicted octanol–water partition coefficient (Wildman–Crippen LogP) is 2.50. The smallest absolute Gasteiger partial charge is 0.311 e. The minimum Gasteiger partial charge on any atom is -0.311 e. The lowest BCUT2D eigenvalue weighted by Crippen LogP contribution is -2.09. The topological polar surface area (TPSA) is 56.5 Å². The fraction of sp³-hybridized carbons (Fsp3) is 0.545. The molecule has 1 heterocycles. The molecule has 92 valence electrons. The molecule has 1 aliphatic carbocycles. The third-order valence-corrected chi connectivity index (χ3v) is 3.46. The standard InChI is InChI=1S/C11H14IN3O2/c1-15-7-9(12)10(13-15)11(16)17-14-8-5-3-2-4-6-8/h7H,2-6H2,1H3. The number of aryl methyl sites for hydroxylation is 1. The van der Waals surface area contributed by atoms with Crippen molar-refractivity contribution in [3.8, 4) is 0 Å². The first-order chi connectivity index (χ1) is 8.16. The average molecular weight is 347 g/mol. The van der Waals surface area contributed by atoms with Crippen molar-refractivity contribution in [1.29, 1.82) is 0 Å². The number of halogens is 1. The van der Waals surface area contributed by atoms with Gasteiger partial charge in [-0.2, -0.15) is 5.10 Å². The Morgan fingerprint density at radius 1 is 1.47 bits per heavy atom. The van der Waals surface area contributed by atoms with Crippen LogP contribution in [-0.4, -0.2) is 21.5 Å². The van der Waals surface area contributed by atoms with Crippen LogP contribution in [0.5, 0.6) is 0 Å². The summed E-state index contributed by atoms with van der Waals surface area (Å²) in [5, 5.41) is 7.96. The third kappa shape index (κ3) is 3.27. The van der Waals surface area contributed by atoms with Crippen LogP contribution < -0.4 is 0 Å². The fourth-order valence-corrected chi connectivity index (χ4v) is 2.53. The molecule has 0 aromatic carbocycles. The number of oxime groups is 1. The predicted molar refractivity (Wildman–Crippen MR) is 71.9 cm³/mol. The second-order valence-electron chi connectivity index (χ2n) is 4.10. The molecule has 0 amide bonds. The maximum Gasteiger partial charge on any atom is 0.386 e. The summed E-state index contributed by atoms with van der Waals surface area (Å²) in [7, 11) is 1.77. The van der Waals surface area contributed by atoms with Gasteiger partial charge in [0, 0.05) is 13.2 Å². The molecule has 0 saturated heterocycles. The first-order valence-electron chi connectivity index (χ1n) is 5.63. The van der Waals surface area contributed by atoms with Crippen LogP contribution >= 0.6 is 22.6 Å². The summed E-state index contributed by atoms with van der Waals surface area (Å²) < 4.78 is 2.37. The van der Waals surface area contributed by atoms with Crippen molar-refractivity contribution < 1.29 is 9.63 Å². The quantitative estimate of drug-likeness (QED) is 0.469. The highest BCUT2D eigenvalue weighted by Crippen LogP contribution is 2.16. The summed E-state index contributed by atoms with van der Waals surface area (Å²) in [6.45, 7) is 0. The van der Waals surface area contributed by atoms with Crippen molar-refractivity contribution in [3.63, 3.8) is 0 Å². The second-order valence-corrected chi connectivity index (χ2v) is 5.26. The van der Waals surface area contributed by atoms with Crippen LogP contribution in [0.2, 0.25) is 0 Å². The molecule has 1 fully saturated rings. The Morgan fingerprint density at radius 2 is 2.18 bits per heavy atom. The van der Waals surface area contributed by atoms with Gasteiger partial charge < -0.3 is 4.84 Å². The van der Waals surface area contributed by atoms with Gasteiger partial charge in [0.25, 0.3) is 0 Å². The molecule has 0 aliphatic heterocycles. The lowest BCUT2D eigenvalue weighted by Gasteiger charge is -2.10. The van der Waals surface area contributed by atoms with Crippen molar-refractivity contribution in [2.45, 2.75) is 32.1 Å². The molecule has 0 radical (unpaired) electrons. The molecule has 6 heteroatoms. The molecule has 1 saturated carbocycles. The highest BCUT2D eigenvalue weighted by molar-refractivity contribution is 14.1. The minimum absolute atomic E-state index is 0.327. The zero-order valence-electron chi connectivity index (χ0n) is 9.65. The Hall–Kier alpha value is -0.920. The van der Waals surface area contributed by atoms with E-state index in [1.54, 1.807) is 17.9 Å². The molecule has 17 heavy (non-hydrogen) atoms. The van der Waals surface area contributed by atoms with Crippen LogP contribution in [0.4, 0.5) is 0 Å². The van der Waals surface area contributed by atoms with E-state index in [0.29, 0.717) is 5.69 Å².